The van der Waals surface area contributed by atoms with E-state index in [1.165, 1.54) is 16.4 Å². The predicted octanol–water partition coefficient (Wildman–Crippen LogP) is 3.02. The summed E-state index contributed by atoms with van der Waals surface area (Å²) in [4.78, 5) is 43.5. The van der Waals surface area contributed by atoms with Crippen molar-refractivity contribution in [2.24, 2.45) is 0 Å². The highest BCUT2D eigenvalue weighted by molar-refractivity contribution is 5.94. The van der Waals surface area contributed by atoms with Gasteiger partial charge in [0.05, 0.1) is 11.0 Å². The van der Waals surface area contributed by atoms with Gasteiger partial charge >= 0.3 is 0 Å². The van der Waals surface area contributed by atoms with E-state index >= 15 is 0 Å². The second-order valence-electron chi connectivity index (χ2n) is 6.87. The minimum absolute atomic E-state index is 0.0261. The Bertz CT molecular complexity index is 1150. The summed E-state index contributed by atoms with van der Waals surface area (Å²) in [6, 6.07) is 12.7. The normalized spacial score (nSPS) is 10.8. The average molecular weight is 392 g/mol. The summed E-state index contributed by atoms with van der Waals surface area (Å²) >= 11 is 0. The number of aromatic nitrogens is 2. The van der Waals surface area contributed by atoms with E-state index in [0.29, 0.717) is 23.3 Å². The molecule has 29 heavy (non-hydrogen) atoms. The molecule has 0 bridgehead atoms. The van der Waals surface area contributed by atoms with Crippen LogP contribution in [0.3, 0.4) is 0 Å². The standard InChI is InChI=1S/C22H24N4O3/c1-5-25(16(4)27)21-22(29)26(19-12-7-6-10-18(19)24-21)13-20(28)23-17-11-8-9-14(2)15(17)3/h6-12H,5,13H2,1-4H3,(H,23,28). The Labute approximate surface area is 169 Å². The first kappa shape index (κ1) is 20.3. The zero-order valence-corrected chi connectivity index (χ0v) is 17.0. The van der Waals surface area contributed by atoms with Crippen LogP contribution >= 0.6 is 0 Å². The maximum atomic E-state index is 13.1. The number of anilines is 2. The third kappa shape index (κ3) is 4.03. The molecule has 0 aliphatic rings. The largest absolute Gasteiger partial charge is 0.324 e. The lowest BCUT2D eigenvalue weighted by Crippen LogP contribution is -2.38. The number of carbonyl (C=O) groups excluding carboxylic acids is 2. The van der Waals surface area contributed by atoms with E-state index in [2.05, 4.69) is 10.3 Å². The molecular weight excluding hydrogens is 368 g/mol. The Kier molecular flexibility index (Phi) is 5.77. The van der Waals surface area contributed by atoms with Crippen LogP contribution in [0, 0.1) is 13.8 Å². The van der Waals surface area contributed by atoms with Gasteiger partial charge in [-0.05, 0) is 50.1 Å². The minimum atomic E-state index is -0.475. The van der Waals surface area contributed by atoms with Gasteiger partial charge in [0.15, 0.2) is 0 Å². The van der Waals surface area contributed by atoms with Gasteiger partial charge < -0.3 is 5.32 Å². The summed E-state index contributed by atoms with van der Waals surface area (Å²) in [5, 5.41) is 2.88. The first-order valence-electron chi connectivity index (χ1n) is 9.47. The number of hydrogen-bond acceptors (Lipinski definition) is 4. The van der Waals surface area contributed by atoms with Crippen LogP contribution < -0.4 is 15.8 Å². The van der Waals surface area contributed by atoms with Crippen LogP contribution in [0.25, 0.3) is 11.0 Å². The molecule has 0 unspecified atom stereocenters. The topological polar surface area (TPSA) is 84.3 Å². The molecule has 0 aliphatic carbocycles. The molecule has 1 aromatic heterocycles. The zero-order chi connectivity index (χ0) is 21.1. The number of carbonyl (C=O) groups is 2. The van der Waals surface area contributed by atoms with Crippen LogP contribution in [0.2, 0.25) is 0 Å². The molecule has 0 aliphatic heterocycles. The van der Waals surface area contributed by atoms with Crippen molar-refractivity contribution in [1.29, 1.82) is 0 Å². The molecule has 0 fully saturated rings. The third-order valence-electron chi connectivity index (χ3n) is 4.97. The van der Waals surface area contributed by atoms with Gasteiger partial charge in [0.1, 0.15) is 6.54 Å². The maximum Gasteiger partial charge on any atom is 0.294 e. The predicted molar refractivity (Wildman–Crippen MR) is 114 cm³/mol. The van der Waals surface area contributed by atoms with Crippen LogP contribution in [-0.4, -0.2) is 27.9 Å². The Morgan fingerprint density at radius 3 is 2.52 bits per heavy atom. The summed E-state index contributed by atoms with van der Waals surface area (Å²) < 4.78 is 1.36. The number of nitrogens with zero attached hydrogens (tertiary/aromatic N) is 3. The highest BCUT2D eigenvalue weighted by Gasteiger charge is 2.20. The molecular formula is C22H24N4O3. The molecule has 3 rings (SSSR count). The van der Waals surface area contributed by atoms with Crippen molar-refractivity contribution >= 4 is 34.4 Å². The summed E-state index contributed by atoms with van der Waals surface area (Å²) in [5.41, 5.74) is 3.36. The van der Waals surface area contributed by atoms with Crippen LogP contribution in [0.4, 0.5) is 11.5 Å². The quantitative estimate of drug-likeness (QED) is 0.723. The smallest absolute Gasteiger partial charge is 0.294 e. The fourth-order valence-corrected chi connectivity index (χ4v) is 3.25. The maximum absolute atomic E-state index is 13.1. The minimum Gasteiger partial charge on any atom is -0.324 e. The molecule has 0 atom stereocenters. The Hall–Kier alpha value is -3.48. The second kappa shape index (κ2) is 8.26. The molecule has 2 amide bonds. The van der Waals surface area contributed by atoms with E-state index in [0.717, 1.165) is 11.1 Å². The highest BCUT2D eigenvalue weighted by Crippen LogP contribution is 2.19. The van der Waals surface area contributed by atoms with Gasteiger partial charge in [0.25, 0.3) is 5.56 Å². The van der Waals surface area contributed by atoms with Gasteiger partial charge in [-0.15, -0.1) is 0 Å². The molecule has 1 N–H and O–H groups in total. The summed E-state index contributed by atoms with van der Waals surface area (Å²) in [6.45, 7) is 7.19. The second-order valence-corrected chi connectivity index (χ2v) is 6.87. The highest BCUT2D eigenvalue weighted by atomic mass is 16.2. The lowest BCUT2D eigenvalue weighted by atomic mass is 10.1. The third-order valence-corrected chi connectivity index (χ3v) is 4.97. The molecule has 1 heterocycles. The van der Waals surface area contributed by atoms with E-state index in [1.807, 2.05) is 32.0 Å². The van der Waals surface area contributed by atoms with Crippen molar-refractivity contribution in [3.05, 3.63) is 63.9 Å². The van der Waals surface area contributed by atoms with E-state index in [1.54, 1.807) is 31.2 Å². The Morgan fingerprint density at radius 1 is 1.10 bits per heavy atom. The molecule has 0 spiro atoms. The van der Waals surface area contributed by atoms with Gasteiger partial charge in [-0.1, -0.05) is 24.3 Å². The van der Waals surface area contributed by atoms with Crippen molar-refractivity contribution in [3.63, 3.8) is 0 Å². The Balaban J connectivity index is 2.05. The summed E-state index contributed by atoms with van der Waals surface area (Å²) in [5.74, 6) is -0.578. The lowest BCUT2D eigenvalue weighted by Gasteiger charge is -2.20. The molecule has 7 nitrogen and oxygen atoms in total. The molecule has 3 aromatic rings. The fraction of sp³-hybridized carbons (Fsp3) is 0.273. The number of nitrogens with one attached hydrogen (secondary N) is 1. The first-order chi connectivity index (χ1) is 13.8. The van der Waals surface area contributed by atoms with Crippen molar-refractivity contribution in [2.75, 3.05) is 16.8 Å². The molecule has 7 heteroatoms. The van der Waals surface area contributed by atoms with Gasteiger partial charge in [-0.3, -0.25) is 23.9 Å². The number of amides is 2. The van der Waals surface area contributed by atoms with E-state index < -0.39 is 5.56 Å². The van der Waals surface area contributed by atoms with Gasteiger partial charge in [-0.2, -0.15) is 0 Å². The first-order valence-corrected chi connectivity index (χ1v) is 9.47. The molecule has 2 aromatic carbocycles. The van der Waals surface area contributed by atoms with Crippen molar-refractivity contribution in [2.45, 2.75) is 34.2 Å². The van der Waals surface area contributed by atoms with Crippen molar-refractivity contribution in [3.8, 4) is 0 Å². The molecule has 0 saturated carbocycles. The van der Waals surface area contributed by atoms with E-state index in [4.69, 9.17) is 0 Å². The van der Waals surface area contributed by atoms with Gasteiger partial charge in [0.2, 0.25) is 17.6 Å². The number of benzene rings is 2. The zero-order valence-electron chi connectivity index (χ0n) is 17.0. The van der Waals surface area contributed by atoms with Crippen molar-refractivity contribution in [1.82, 2.24) is 9.55 Å². The van der Waals surface area contributed by atoms with Crippen LogP contribution in [0.1, 0.15) is 25.0 Å². The number of aryl methyl sites for hydroxylation is 1. The molecule has 0 radical (unpaired) electrons. The van der Waals surface area contributed by atoms with Crippen LogP contribution in [0.15, 0.2) is 47.3 Å². The number of hydrogen-bond donors (Lipinski definition) is 1. The number of para-hydroxylation sites is 2. The van der Waals surface area contributed by atoms with Gasteiger partial charge in [0, 0.05) is 19.2 Å². The van der Waals surface area contributed by atoms with E-state index in [9.17, 15) is 14.4 Å². The Morgan fingerprint density at radius 2 is 1.83 bits per heavy atom. The fourth-order valence-electron chi connectivity index (χ4n) is 3.25. The van der Waals surface area contributed by atoms with Gasteiger partial charge in [-0.25, -0.2) is 4.98 Å². The number of fused-ring (bicyclic) bond motifs is 1. The molecule has 0 saturated heterocycles. The van der Waals surface area contributed by atoms with Crippen molar-refractivity contribution < 1.29 is 9.59 Å². The lowest BCUT2D eigenvalue weighted by molar-refractivity contribution is -0.117. The monoisotopic (exact) mass is 392 g/mol. The molecule has 150 valence electrons. The summed E-state index contributed by atoms with van der Waals surface area (Å²) in [7, 11) is 0. The SMILES string of the molecule is CCN(C(C)=O)c1nc2ccccc2n(CC(=O)Nc2cccc(C)c2C)c1=O. The number of rotatable bonds is 5. The summed E-state index contributed by atoms with van der Waals surface area (Å²) in [6.07, 6.45) is 0. The average Bonchev–Trinajstić information content (AvgIpc) is 2.68. The van der Waals surface area contributed by atoms with Crippen LogP contribution in [-0.2, 0) is 16.1 Å². The van der Waals surface area contributed by atoms with Crippen LogP contribution in [0.5, 0.6) is 0 Å². The van der Waals surface area contributed by atoms with E-state index in [-0.39, 0.29) is 24.2 Å².